The molecule has 2 amide bonds. The Morgan fingerprint density at radius 2 is 1.94 bits per heavy atom. The van der Waals surface area contributed by atoms with Gasteiger partial charge in [-0.2, -0.15) is 0 Å². The lowest BCUT2D eigenvalue weighted by molar-refractivity contribution is 0.0818. The number of hydrogen-bond acceptors (Lipinski definition) is 4. The Bertz CT molecular complexity index is 1160. The fourth-order valence-electron chi connectivity index (χ4n) is 4.07. The Balaban J connectivity index is 1.61. The number of fused-ring (bicyclic) bond motifs is 1. The number of H-pyrrole nitrogens is 1. The second kappa shape index (κ2) is 9.44. The Morgan fingerprint density at radius 3 is 2.62 bits per heavy atom. The maximum absolute atomic E-state index is 13.2. The van der Waals surface area contributed by atoms with Gasteiger partial charge in [0.1, 0.15) is 5.75 Å². The zero-order valence-electron chi connectivity index (χ0n) is 18.7. The average Bonchev–Trinajstić information content (AvgIpc) is 3.30. The summed E-state index contributed by atoms with van der Waals surface area (Å²) in [5.41, 5.74) is 3.97. The molecule has 4 rings (SSSR count). The van der Waals surface area contributed by atoms with E-state index in [2.05, 4.69) is 10.3 Å². The van der Waals surface area contributed by atoms with Crippen LogP contribution in [0.2, 0.25) is 0 Å². The monoisotopic (exact) mass is 435 g/mol. The minimum atomic E-state index is -0.272. The van der Waals surface area contributed by atoms with Crippen LogP contribution in [0, 0.1) is 13.8 Å². The van der Waals surface area contributed by atoms with Crippen LogP contribution in [-0.4, -0.2) is 42.3 Å². The predicted molar refractivity (Wildman–Crippen MR) is 125 cm³/mol. The predicted octanol–water partition coefficient (Wildman–Crippen LogP) is 4.37. The molecule has 0 spiro atoms. The van der Waals surface area contributed by atoms with Crippen LogP contribution in [0.4, 0.5) is 10.5 Å². The average molecular weight is 436 g/mol. The van der Waals surface area contributed by atoms with Crippen LogP contribution in [0.25, 0.3) is 10.9 Å². The van der Waals surface area contributed by atoms with Crippen LogP contribution in [-0.2, 0) is 11.3 Å². The lowest BCUT2D eigenvalue weighted by atomic mass is 10.0. The highest BCUT2D eigenvalue weighted by molar-refractivity contribution is 5.89. The molecule has 3 aromatic rings. The highest BCUT2D eigenvalue weighted by Gasteiger charge is 2.24. The molecule has 2 heterocycles. The second-order valence-electron chi connectivity index (χ2n) is 8.29. The number of hydrogen-bond donors (Lipinski definition) is 2. The summed E-state index contributed by atoms with van der Waals surface area (Å²) in [6.45, 7) is 5.31. The van der Waals surface area contributed by atoms with Crippen molar-refractivity contribution in [3.63, 3.8) is 0 Å². The number of anilines is 1. The maximum Gasteiger partial charge on any atom is 0.322 e. The topological polar surface area (TPSA) is 83.7 Å². The summed E-state index contributed by atoms with van der Waals surface area (Å²) in [6, 6.07) is 12.8. The molecule has 2 N–H and O–H groups in total. The summed E-state index contributed by atoms with van der Waals surface area (Å²) < 4.78 is 10.9. The third-order valence-corrected chi connectivity index (χ3v) is 5.96. The number of nitrogens with one attached hydrogen (secondary N) is 2. The smallest absolute Gasteiger partial charge is 0.322 e. The van der Waals surface area contributed by atoms with E-state index >= 15 is 0 Å². The molecule has 1 aromatic heterocycles. The molecule has 7 heteroatoms. The first kappa shape index (κ1) is 21.9. The van der Waals surface area contributed by atoms with E-state index in [1.165, 1.54) is 0 Å². The minimum Gasteiger partial charge on any atom is -0.497 e. The molecule has 1 atom stereocenters. The van der Waals surface area contributed by atoms with Crippen molar-refractivity contribution in [3.05, 3.63) is 69.5 Å². The molecule has 1 aliphatic heterocycles. The molecule has 168 valence electrons. The first-order chi connectivity index (χ1) is 15.4. The van der Waals surface area contributed by atoms with Crippen LogP contribution in [0.15, 0.2) is 47.3 Å². The second-order valence-corrected chi connectivity index (χ2v) is 8.29. The molecule has 1 saturated heterocycles. The van der Waals surface area contributed by atoms with Crippen molar-refractivity contribution in [2.45, 2.75) is 39.3 Å². The molecule has 0 radical (unpaired) electrons. The molecule has 0 aliphatic carbocycles. The molecule has 7 nitrogen and oxygen atoms in total. The molecule has 1 unspecified atom stereocenters. The van der Waals surface area contributed by atoms with E-state index < -0.39 is 0 Å². The first-order valence-electron chi connectivity index (χ1n) is 10.9. The Labute approximate surface area is 187 Å². The summed E-state index contributed by atoms with van der Waals surface area (Å²) in [7, 11) is 1.60. The van der Waals surface area contributed by atoms with Crippen molar-refractivity contribution in [2.24, 2.45) is 0 Å². The third kappa shape index (κ3) is 4.78. The summed E-state index contributed by atoms with van der Waals surface area (Å²) in [5, 5.41) is 3.92. The van der Waals surface area contributed by atoms with Crippen LogP contribution in [0.1, 0.15) is 29.5 Å². The van der Waals surface area contributed by atoms with Gasteiger partial charge >= 0.3 is 6.03 Å². The van der Waals surface area contributed by atoms with Gasteiger partial charge in [-0.1, -0.05) is 12.1 Å². The lowest BCUT2D eigenvalue weighted by Gasteiger charge is -2.26. The number of amides is 2. The number of nitrogens with zero attached hydrogens (tertiary/aromatic N) is 1. The first-order valence-corrected chi connectivity index (χ1v) is 10.9. The SMILES string of the molecule is COc1ccc(NC(=O)N(Cc2cc3c(C)ccc(C)c3[nH]c2=O)CC2CCCO2)cc1. The number of aryl methyl sites for hydroxylation is 2. The number of ether oxygens (including phenoxy) is 2. The fraction of sp³-hybridized carbons (Fsp3) is 0.360. The summed E-state index contributed by atoms with van der Waals surface area (Å²) >= 11 is 0. The zero-order chi connectivity index (χ0) is 22.7. The standard InChI is InChI=1S/C25H29N3O4/c1-16-6-7-17(2)23-22(16)13-18(24(29)27-23)14-28(15-21-5-4-12-32-21)25(30)26-19-8-10-20(31-3)11-9-19/h6-11,13,21H,4-5,12,14-15H2,1-3H3,(H,26,30)(H,27,29). The van der Waals surface area contributed by atoms with E-state index in [1.54, 1.807) is 36.3 Å². The number of carbonyl (C=O) groups excluding carboxylic acids is 1. The van der Waals surface area contributed by atoms with Gasteiger partial charge in [0.25, 0.3) is 5.56 Å². The van der Waals surface area contributed by atoms with Gasteiger partial charge < -0.3 is 24.7 Å². The number of urea groups is 1. The van der Waals surface area contributed by atoms with Crippen LogP contribution in [0.5, 0.6) is 5.75 Å². The molecule has 32 heavy (non-hydrogen) atoms. The van der Waals surface area contributed by atoms with Gasteiger partial charge in [-0.25, -0.2) is 4.79 Å². The fourth-order valence-corrected chi connectivity index (χ4v) is 4.07. The van der Waals surface area contributed by atoms with Gasteiger partial charge in [0.05, 0.1) is 25.3 Å². The number of benzene rings is 2. The van der Waals surface area contributed by atoms with Crippen LogP contribution < -0.4 is 15.6 Å². The van der Waals surface area contributed by atoms with Crippen LogP contribution >= 0.6 is 0 Å². The lowest BCUT2D eigenvalue weighted by Crippen LogP contribution is -2.40. The number of rotatable bonds is 6. The highest BCUT2D eigenvalue weighted by atomic mass is 16.5. The van der Waals surface area contributed by atoms with Gasteiger partial charge in [0.15, 0.2) is 0 Å². The molecular weight excluding hydrogens is 406 g/mol. The highest BCUT2D eigenvalue weighted by Crippen LogP contribution is 2.22. The molecule has 1 aliphatic rings. The van der Waals surface area contributed by atoms with Gasteiger partial charge in [0, 0.05) is 29.8 Å². The Kier molecular flexibility index (Phi) is 6.46. The number of carbonyl (C=O) groups is 1. The zero-order valence-corrected chi connectivity index (χ0v) is 18.7. The van der Waals surface area contributed by atoms with E-state index in [-0.39, 0.29) is 24.2 Å². The van der Waals surface area contributed by atoms with Crippen molar-refractivity contribution in [3.8, 4) is 5.75 Å². The van der Waals surface area contributed by atoms with E-state index in [9.17, 15) is 9.59 Å². The molecule has 1 fully saturated rings. The van der Waals surface area contributed by atoms with Gasteiger partial charge in [-0.3, -0.25) is 4.79 Å². The number of pyridine rings is 1. The number of aromatic amines is 1. The quantitative estimate of drug-likeness (QED) is 0.602. The van der Waals surface area contributed by atoms with E-state index in [4.69, 9.17) is 9.47 Å². The maximum atomic E-state index is 13.2. The Morgan fingerprint density at radius 1 is 1.19 bits per heavy atom. The Hall–Kier alpha value is -3.32. The molecule has 0 saturated carbocycles. The molecule has 2 aromatic carbocycles. The number of methoxy groups -OCH3 is 1. The van der Waals surface area contributed by atoms with Crippen molar-refractivity contribution in [2.75, 3.05) is 25.6 Å². The molecular formula is C25H29N3O4. The minimum absolute atomic E-state index is 0.0277. The van der Waals surface area contributed by atoms with E-state index in [0.717, 1.165) is 34.9 Å². The normalized spacial score (nSPS) is 15.7. The van der Waals surface area contributed by atoms with Gasteiger partial charge in [0.2, 0.25) is 0 Å². The van der Waals surface area contributed by atoms with Crippen molar-refractivity contribution >= 4 is 22.6 Å². The van der Waals surface area contributed by atoms with Gasteiger partial charge in [-0.05, 0) is 68.1 Å². The van der Waals surface area contributed by atoms with Crippen LogP contribution in [0.3, 0.4) is 0 Å². The van der Waals surface area contributed by atoms with E-state index in [1.807, 2.05) is 32.0 Å². The largest absolute Gasteiger partial charge is 0.497 e. The van der Waals surface area contributed by atoms with E-state index in [0.29, 0.717) is 30.2 Å². The summed E-state index contributed by atoms with van der Waals surface area (Å²) in [5.74, 6) is 0.715. The van der Waals surface area contributed by atoms with Crippen molar-refractivity contribution in [1.82, 2.24) is 9.88 Å². The van der Waals surface area contributed by atoms with Crippen molar-refractivity contribution < 1.29 is 14.3 Å². The van der Waals surface area contributed by atoms with Crippen molar-refractivity contribution in [1.29, 1.82) is 0 Å². The molecule has 0 bridgehead atoms. The summed E-state index contributed by atoms with van der Waals surface area (Å²) in [4.78, 5) is 30.7. The van der Waals surface area contributed by atoms with Gasteiger partial charge in [-0.15, -0.1) is 0 Å². The summed E-state index contributed by atoms with van der Waals surface area (Å²) in [6.07, 6.45) is 1.85. The third-order valence-electron chi connectivity index (χ3n) is 5.96. The number of aromatic nitrogens is 1.